The van der Waals surface area contributed by atoms with Crippen molar-refractivity contribution in [3.8, 4) is 5.75 Å². The van der Waals surface area contributed by atoms with Gasteiger partial charge in [0, 0.05) is 0 Å². The molecule has 0 saturated heterocycles. The van der Waals surface area contributed by atoms with Crippen LogP contribution in [0.15, 0.2) is 58.4 Å². The summed E-state index contributed by atoms with van der Waals surface area (Å²) in [5.41, 5.74) is 0. The van der Waals surface area contributed by atoms with Crippen LogP contribution in [-0.4, -0.2) is 20.5 Å². The van der Waals surface area contributed by atoms with Crippen molar-refractivity contribution in [1.82, 2.24) is 0 Å². The Hall–Kier alpha value is -0.690. The number of para-hydroxylation sites is 1. The molecule has 0 atom stereocenters. The molecule has 0 N–H and O–H groups in total. The van der Waals surface area contributed by atoms with Crippen molar-refractivity contribution in [2.24, 2.45) is 0 Å². The van der Waals surface area contributed by atoms with Crippen molar-refractivity contribution in [1.29, 1.82) is 0 Å². The number of benzene rings is 1. The van der Waals surface area contributed by atoms with Crippen LogP contribution >= 0.6 is 20.7 Å². The minimum atomic E-state index is -4.23. The molecule has 2 rings (SSSR count). The first kappa shape index (κ1) is 17.7. The molecule has 0 fully saturated rings. The van der Waals surface area contributed by atoms with E-state index in [0.29, 0.717) is 0 Å². The van der Waals surface area contributed by atoms with E-state index in [2.05, 4.69) is 3.67 Å². The molecule has 0 amide bonds. The third kappa shape index (κ3) is 6.20. The fraction of sp³-hybridized carbons (Fsp3) is 0. The van der Waals surface area contributed by atoms with Gasteiger partial charge in [0.15, 0.2) is 0 Å². The molecule has 0 spiro atoms. The zero-order valence-electron chi connectivity index (χ0n) is 10.7. The number of halogens is 2. The average Bonchev–Trinajstić information content (AvgIpc) is 2.65. The third-order valence-corrected chi connectivity index (χ3v) is 14.4. The molecule has 6 nitrogen and oxygen atoms in total. The summed E-state index contributed by atoms with van der Waals surface area (Å²) in [6.45, 7) is 0. The monoisotopic (exact) mass is 567 g/mol. The fourth-order valence-corrected chi connectivity index (χ4v) is 11.4. The normalized spacial score (nSPS) is 14.8. The molecule has 1 aliphatic heterocycles. The summed E-state index contributed by atoms with van der Waals surface area (Å²) < 4.78 is 61.7. The molecule has 10 heteroatoms. The summed E-state index contributed by atoms with van der Waals surface area (Å²) in [4.78, 5) is 0. The Labute approximate surface area is 145 Å². The van der Waals surface area contributed by atoms with Crippen molar-refractivity contribution in [3.05, 3.63) is 58.4 Å². The predicted octanol–water partition coefficient (Wildman–Crippen LogP) is -1.00. The molecule has 0 bridgehead atoms. The van der Waals surface area contributed by atoms with Crippen LogP contribution in [0.5, 0.6) is 5.75 Å². The van der Waals surface area contributed by atoms with E-state index >= 15 is 0 Å². The number of allylic oxidation sites excluding steroid dienone is 3. The van der Waals surface area contributed by atoms with Gasteiger partial charge < -0.3 is 0 Å². The van der Waals surface area contributed by atoms with Crippen LogP contribution in [0.2, 0.25) is 0 Å². The van der Waals surface area contributed by atoms with E-state index in [1.807, 2.05) is 0 Å². The zero-order valence-corrected chi connectivity index (χ0v) is 16.7. The van der Waals surface area contributed by atoms with Gasteiger partial charge in [-0.05, 0) is 0 Å². The van der Waals surface area contributed by atoms with Crippen molar-refractivity contribution < 1.29 is 43.6 Å². The quantitative estimate of drug-likeness (QED) is 0.324. The van der Waals surface area contributed by atoms with Gasteiger partial charge in [-0.3, -0.25) is 0 Å². The molecule has 0 aromatic heterocycles. The van der Waals surface area contributed by atoms with Gasteiger partial charge in [0.25, 0.3) is 0 Å². The Bertz CT molecular complexity index is 863. The predicted molar refractivity (Wildman–Crippen MR) is 86.8 cm³/mol. The second-order valence-corrected chi connectivity index (χ2v) is 17.7. The first-order chi connectivity index (χ1) is 10.4. The van der Waals surface area contributed by atoms with Crippen molar-refractivity contribution >= 4 is 39.0 Å². The molecule has 120 valence electrons. The van der Waals surface area contributed by atoms with Gasteiger partial charge in [-0.15, -0.1) is 0 Å². The van der Waals surface area contributed by atoms with Gasteiger partial charge in [-0.1, -0.05) is 0 Å². The van der Waals surface area contributed by atoms with E-state index in [-0.39, 0.29) is 11.5 Å². The Kier molecular flexibility index (Phi) is 6.20. The van der Waals surface area contributed by atoms with Gasteiger partial charge in [-0.2, -0.15) is 0 Å². The van der Waals surface area contributed by atoms with E-state index in [0.717, 1.165) is 0 Å². The molecule has 1 heterocycles. The van der Waals surface area contributed by atoms with E-state index in [1.54, 1.807) is 28.4 Å². The zero-order chi connectivity index (χ0) is 16.1. The number of rotatable bonds is 6. The standard InChI is InChI=1S/C12H9I2O6S2/c15-21(16,19-11-5-2-1-3-6-11)14-22(17,18)20-12-7-4-9-13-10-8-12/h1-8,10H/q-1. The van der Waals surface area contributed by atoms with E-state index < -0.39 is 53.7 Å². The molecule has 1 aliphatic rings. The Morgan fingerprint density at radius 1 is 1.00 bits per heavy atom. The van der Waals surface area contributed by atoms with E-state index in [9.17, 15) is 16.8 Å². The summed E-state index contributed by atoms with van der Waals surface area (Å²) in [5.74, 6) is 0.132. The van der Waals surface area contributed by atoms with Crippen LogP contribution in [0.25, 0.3) is 0 Å². The molecule has 0 aliphatic carbocycles. The van der Waals surface area contributed by atoms with Crippen molar-refractivity contribution in [2.75, 3.05) is 0 Å². The first-order valence-electron chi connectivity index (χ1n) is 5.57. The van der Waals surface area contributed by atoms with Crippen LogP contribution < -0.4 is 22.6 Å². The van der Waals surface area contributed by atoms with Crippen molar-refractivity contribution in [2.45, 2.75) is 0 Å². The minimum absolute atomic E-state index is 0.0632. The van der Waals surface area contributed by atoms with Gasteiger partial charge in [0.1, 0.15) is 0 Å². The van der Waals surface area contributed by atoms with E-state index in [4.69, 9.17) is 8.37 Å². The molecule has 0 radical (unpaired) electrons. The maximum absolute atomic E-state index is 11.9. The Morgan fingerprint density at radius 3 is 2.41 bits per heavy atom. The summed E-state index contributed by atoms with van der Waals surface area (Å²) in [6.07, 6.45) is 4.48. The van der Waals surface area contributed by atoms with Crippen LogP contribution in [0, 0.1) is 0 Å². The topological polar surface area (TPSA) is 86.7 Å². The number of hydrogen-bond acceptors (Lipinski definition) is 6. The SMILES string of the molecule is O=S(=O)(OC1=CC=C=IC=C1)[I-]S(=O)(=O)Oc1ccccc1. The molecule has 1 aromatic carbocycles. The fourth-order valence-electron chi connectivity index (χ4n) is 1.22. The summed E-state index contributed by atoms with van der Waals surface area (Å²) in [5, 5.41) is 0. The van der Waals surface area contributed by atoms with E-state index in [1.165, 1.54) is 24.3 Å². The maximum atomic E-state index is 11.9. The van der Waals surface area contributed by atoms with Gasteiger partial charge in [0.05, 0.1) is 0 Å². The molecular weight excluding hydrogens is 558 g/mol. The van der Waals surface area contributed by atoms with Gasteiger partial charge in [-0.25, -0.2) is 0 Å². The summed E-state index contributed by atoms with van der Waals surface area (Å²) in [7, 11) is -8.46. The average molecular weight is 567 g/mol. The summed E-state index contributed by atoms with van der Waals surface area (Å²) >= 11 is -2.82. The number of hydrogen-bond donors (Lipinski definition) is 0. The Morgan fingerprint density at radius 2 is 1.68 bits per heavy atom. The summed E-state index contributed by atoms with van der Waals surface area (Å²) in [6, 6.07) is 7.71. The second-order valence-electron chi connectivity index (χ2n) is 3.58. The van der Waals surface area contributed by atoms with Crippen LogP contribution in [0.4, 0.5) is 0 Å². The third-order valence-electron chi connectivity index (χ3n) is 1.95. The molecule has 1 aromatic rings. The van der Waals surface area contributed by atoms with Crippen LogP contribution in [-0.2, 0) is 18.8 Å². The van der Waals surface area contributed by atoms with Crippen LogP contribution in [0.1, 0.15) is 0 Å². The first-order valence-corrected chi connectivity index (χ1v) is 15.8. The molecular formula is C12H9I2O6S2-. The molecule has 0 saturated carbocycles. The Balaban J connectivity index is 2.08. The van der Waals surface area contributed by atoms with Gasteiger partial charge in [0.2, 0.25) is 0 Å². The second kappa shape index (κ2) is 7.73. The molecule has 0 unspecified atom stereocenters. The van der Waals surface area contributed by atoms with Crippen molar-refractivity contribution in [3.63, 3.8) is 0 Å². The molecule has 22 heavy (non-hydrogen) atoms. The van der Waals surface area contributed by atoms with Crippen LogP contribution in [0.3, 0.4) is 0 Å². The van der Waals surface area contributed by atoms with Gasteiger partial charge >= 0.3 is 147 Å².